The van der Waals surface area contributed by atoms with Crippen LogP contribution in [-0.4, -0.2) is 63.4 Å². The highest BCUT2D eigenvalue weighted by molar-refractivity contribution is 4.59. The molecule has 0 unspecified atom stereocenters. The predicted octanol–water partition coefficient (Wildman–Crippen LogP) is -1.28. The van der Waals surface area contributed by atoms with E-state index in [9.17, 15) is 0 Å². The third kappa shape index (κ3) is 9.84. The zero-order valence-corrected chi connectivity index (χ0v) is 8.14. The van der Waals surface area contributed by atoms with Gasteiger partial charge in [0.25, 0.3) is 0 Å². The van der Waals surface area contributed by atoms with Gasteiger partial charge in [-0.05, 0) is 14.1 Å². The first-order valence-corrected chi connectivity index (χ1v) is 4.44. The first kappa shape index (κ1) is 11.8. The second kappa shape index (κ2) is 8.93. The van der Waals surface area contributed by atoms with E-state index in [1.807, 2.05) is 19.0 Å². The summed E-state index contributed by atoms with van der Waals surface area (Å²) in [5.41, 5.74) is 0. The van der Waals surface area contributed by atoms with Gasteiger partial charge in [0.1, 0.15) is 0 Å². The number of hydrogen-bond donors (Lipinski definition) is 3. The second-order valence-electron chi connectivity index (χ2n) is 3.03. The molecule has 0 spiro atoms. The molecule has 1 aliphatic heterocycles. The zero-order chi connectivity index (χ0) is 9.23. The van der Waals surface area contributed by atoms with Gasteiger partial charge in [0.2, 0.25) is 0 Å². The minimum atomic E-state index is 0.257. The molecular formula is C8H21N3O. The topological polar surface area (TPSA) is 47.5 Å². The van der Waals surface area contributed by atoms with Crippen LogP contribution in [0.15, 0.2) is 0 Å². The summed E-state index contributed by atoms with van der Waals surface area (Å²) < 4.78 is 0. The molecule has 0 saturated carbocycles. The van der Waals surface area contributed by atoms with Crippen molar-refractivity contribution in [3.05, 3.63) is 0 Å². The minimum absolute atomic E-state index is 0.257. The summed E-state index contributed by atoms with van der Waals surface area (Å²) in [6, 6.07) is 0. The monoisotopic (exact) mass is 175 g/mol. The lowest BCUT2D eigenvalue weighted by atomic mass is 10.4. The van der Waals surface area contributed by atoms with Gasteiger partial charge < -0.3 is 20.6 Å². The third-order valence-electron chi connectivity index (χ3n) is 1.50. The van der Waals surface area contributed by atoms with Crippen molar-refractivity contribution in [2.75, 3.05) is 53.4 Å². The van der Waals surface area contributed by atoms with Crippen LogP contribution in [0.2, 0.25) is 0 Å². The van der Waals surface area contributed by atoms with Crippen molar-refractivity contribution >= 4 is 0 Å². The number of likely N-dealkylation sites (N-methyl/N-ethyl adjacent to an activating group) is 1. The lowest BCUT2D eigenvalue weighted by molar-refractivity contribution is 0.243. The van der Waals surface area contributed by atoms with Crippen molar-refractivity contribution < 1.29 is 5.11 Å². The molecule has 74 valence electrons. The highest BCUT2D eigenvalue weighted by atomic mass is 16.3. The van der Waals surface area contributed by atoms with Gasteiger partial charge in [-0.15, -0.1) is 0 Å². The number of rotatable bonds is 2. The quantitative estimate of drug-likeness (QED) is 0.489. The van der Waals surface area contributed by atoms with E-state index in [2.05, 4.69) is 10.6 Å². The average molecular weight is 175 g/mol. The van der Waals surface area contributed by atoms with Crippen LogP contribution in [0.5, 0.6) is 0 Å². The van der Waals surface area contributed by atoms with Gasteiger partial charge in [-0.3, -0.25) is 0 Å². The molecule has 12 heavy (non-hydrogen) atoms. The summed E-state index contributed by atoms with van der Waals surface area (Å²) in [5, 5.41) is 14.6. The Morgan fingerprint density at radius 2 is 1.50 bits per heavy atom. The Bertz CT molecular complexity index is 72.9. The largest absolute Gasteiger partial charge is 0.395 e. The molecule has 0 atom stereocenters. The molecule has 1 saturated heterocycles. The van der Waals surface area contributed by atoms with E-state index >= 15 is 0 Å². The summed E-state index contributed by atoms with van der Waals surface area (Å²) in [7, 11) is 3.85. The molecule has 0 amide bonds. The van der Waals surface area contributed by atoms with Gasteiger partial charge >= 0.3 is 0 Å². The van der Waals surface area contributed by atoms with Crippen LogP contribution in [0, 0.1) is 0 Å². The van der Waals surface area contributed by atoms with Gasteiger partial charge in [-0.1, -0.05) is 0 Å². The summed E-state index contributed by atoms with van der Waals surface area (Å²) in [4.78, 5) is 1.93. The van der Waals surface area contributed by atoms with E-state index in [0.717, 1.165) is 32.7 Å². The van der Waals surface area contributed by atoms with Gasteiger partial charge in [0, 0.05) is 32.7 Å². The summed E-state index contributed by atoms with van der Waals surface area (Å²) in [5.74, 6) is 0. The third-order valence-corrected chi connectivity index (χ3v) is 1.50. The number of piperazine rings is 1. The Kier molecular flexibility index (Phi) is 8.81. The van der Waals surface area contributed by atoms with Gasteiger partial charge in [-0.25, -0.2) is 0 Å². The lowest BCUT2D eigenvalue weighted by Crippen LogP contribution is -2.39. The number of nitrogens with zero attached hydrogens (tertiary/aromatic N) is 1. The van der Waals surface area contributed by atoms with E-state index in [0.29, 0.717) is 0 Å². The number of aliphatic hydroxyl groups is 1. The minimum Gasteiger partial charge on any atom is -0.395 e. The van der Waals surface area contributed by atoms with Crippen LogP contribution in [0.25, 0.3) is 0 Å². The molecule has 0 radical (unpaired) electrons. The van der Waals surface area contributed by atoms with Gasteiger partial charge in [0.15, 0.2) is 0 Å². The van der Waals surface area contributed by atoms with Gasteiger partial charge in [-0.2, -0.15) is 0 Å². The smallest absolute Gasteiger partial charge is 0.0558 e. The number of aliphatic hydroxyl groups excluding tert-OH is 1. The molecule has 1 rings (SSSR count). The van der Waals surface area contributed by atoms with Gasteiger partial charge in [0.05, 0.1) is 6.61 Å². The molecule has 4 heteroatoms. The predicted molar refractivity (Wildman–Crippen MR) is 51.4 cm³/mol. The number of hydrogen-bond acceptors (Lipinski definition) is 4. The molecule has 0 bridgehead atoms. The van der Waals surface area contributed by atoms with E-state index < -0.39 is 0 Å². The van der Waals surface area contributed by atoms with Crippen LogP contribution in [-0.2, 0) is 0 Å². The maximum absolute atomic E-state index is 8.20. The van der Waals surface area contributed by atoms with Crippen LogP contribution in [0.4, 0.5) is 0 Å². The molecule has 0 aromatic heterocycles. The highest BCUT2D eigenvalue weighted by Gasteiger charge is 1.91. The second-order valence-corrected chi connectivity index (χ2v) is 3.03. The summed E-state index contributed by atoms with van der Waals surface area (Å²) in [6.07, 6.45) is 0. The van der Waals surface area contributed by atoms with Crippen molar-refractivity contribution in [1.82, 2.24) is 15.5 Å². The van der Waals surface area contributed by atoms with E-state index in [1.54, 1.807) is 0 Å². The van der Waals surface area contributed by atoms with Crippen molar-refractivity contribution in [1.29, 1.82) is 0 Å². The molecule has 0 aromatic rings. The summed E-state index contributed by atoms with van der Waals surface area (Å²) >= 11 is 0. The molecule has 4 nitrogen and oxygen atoms in total. The van der Waals surface area contributed by atoms with Crippen LogP contribution < -0.4 is 10.6 Å². The van der Waals surface area contributed by atoms with E-state index in [1.165, 1.54) is 0 Å². The van der Waals surface area contributed by atoms with Crippen molar-refractivity contribution in [3.8, 4) is 0 Å². The lowest BCUT2D eigenvalue weighted by Gasteiger charge is -2.11. The fourth-order valence-corrected chi connectivity index (χ4v) is 0.804. The standard InChI is InChI=1S/C4H10N2.C4H11NO/c1-2-6-4-3-5-1;1-5(2)3-4-6/h5-6H,1-4H2;6H,3-4H2,1-2H3. The highest BCUT2D eigenvalue weighted by Crippen LogP contribution is 1.66. The van der Waals surface area contributed by atoms with Crippen LogP contribution >= 0.6 is 0 Å². The van der Waals surface area contributed by atoms with Crippen molar-refractivity contribution in [2.24, 2.45) is 0 Å². The maximum atomic E-state index is 8.20. The fourth-order valence-electron chi connectivity index (χ4n) is 0.804. The Labute approximate surface area is 74.9 Å². The molecule has 0 aromatic carbocycles. The molecule has 3 N–H and O–H groups in total. The first-order chi connectivity index (χ1) is 5.77. The summed E-state index contributed by atoms with van der Waals surface area (Å²) in [6.45, 7) is 5.58. The molecular weight excluding hydrogens is 154 g/mol. The molecule has 1 aliphatic rings. The van der Waals surface area contributed by atoms with E-state index in [4.69, 9.17) is 5.11 Å². The molecule has 0 aliphatic carbocycles. The van der Waals surface area contributed by atoms with Crippen LogP contribution in [0.3, 0.4) is 0 Å². The fraction of sp³-hybridized carbons (Fsp3) is 1.00. The Balaban J connectivity index is 0.000000202. The SMILES string of the molecule is C1CNCCN1.CN(C)CCO. The van der Waals surface area contributed by atoms with Crippen molar-refractivity contribution in [3.63, 3.8) is 0 Å². The zero-order valence-electron chi connectivity index (χ0n) is 8.14. The molecule has 1 heterocycles. The first-order valence-electron chi connectivity index (χ1n) is 4.44. The number of nitrogens with one attached hydrogen (secondary N) is 2. The average Bonchev–Trinajstić information content (AvgIpc) is 2.08. The Morgan fingerprint density at radius 3 is 1.58 bits per heavy atom. The maximum Gasteiger partial charge on any atom is 0.0558 e. The molecule has 1 fully saturated rings. The Morgan fingerprint density at radius 1 is 1.08 bits per heavy atom. The van der Waals surface area contributed by atoms with Crippen LogP contribution in [0.1, 0.15) is 0 Å². The Hall–Kier alpha value is -0.160. The van der Waals surface area contributed by atoms with E-state index in [-0.39, 0.29) is 6.61 Å². The van der Waals surface area contributed by atoms with Crippen molar-refractivity contribution in [2.45, 2.75) is 0 Å². The normalized spacial score (nSPS) is 17.0.